The van der Waals surface area contributed by atoms with Crippen molar-refractivity contribution in [3.8, 4) is 48.6 Å². The molecular formula is C80H53B2CaF48N8+5. The molecule has 8 nitrogen and oxygen atoms in total. The third kappa shape index (κ3) is 37.1. The van der Waals surface area contributed by atoms with E-state index < -0.39 is 389 Å². The van der Waals surface area contributed by atoms with Crippen molar-refractivity contribution in [2.24, 2.45) is 0 Å². The van der Waals surface area contributed by atoms with Gasteiger partial charge in [0, 0.05) is 20.8 Å². The Morgan fingerprint density at radius 3 is 0.230 bits per heavy atom. The first-order valence-corrected chi connectivity index (χ1v) is 35.2. The fourth-order valence-electron chi connectivity index (χ4n) is 12.1. The Morgan fingerprint density at radius 2 is 0.194 bits per heavy atom. The first kappa shape index (κ1) is 131. The first-order chi connectivity index (χ1) is 61.8. The van der Waals surface area contributed by atoms with Gasteiger partial charge in [-0.25, -0.2) is 0 Å². The van der Waals surface area contributed by atoms with Gasteiger partial charge in [0.1, 0.15) is 12.3 Å². The van der Waals surface area contributed by atoms with Crippen molar-refractivity contribution in [1.82, 2.24) is 0 Å². The maximum atomic E-state index is 14.2. The van der Waals surface area contributed by atoms with Crippen molar-refractivity contribution in [1.29, 1.82) is 15.8 Å². The van der Waals surface area contributed by atoms with Crippen LogP contribution in [0.3, 0.4) is 0 Å². The van der Waals surface area contributed by atoms with E-state index in [1.165, 1.54) is 20.8 Å². The van der Waals surface area contributed by atoms with E-state index in [1.807, 2.05) is 30.3 Å². The Bertz CT molecular complexity index is 4490. The van der Waals surface area contributed by atoms with Gasteiger partial charge in [-0.2, -0.15) is 270 Å². The molecule has 752 valence electrons. The molecule has 0 spiro atoms. The van der Waals surface area contributed by atoms with E-state index in [1.54, 1.807) is 52.8 Å². The SMILES string of the molecule is CC#N.CC#N.CC#N.CC#[NH+].CC#[NH+].CC#[NH+].CC#[NH+].CC#[NH+].FC(F)(F)c1cc([B-](c2cc(C(F)(F)F)cc(C(F)(F)F)c2)(c2cc(C(F)(F)F)cc(C(F)(F)F)c2)c2cc(C(F)(F)F)cc(C(F)(F)F)c2)cc(C(F)(F)F)c1.FC(F)(F)c1cc([B-](c2cc(C(F)(F)F)cc(C(F)(F)F)c2)(c2cc(C(F)(F)F)cc(C(F)(F)F)c2)c2cc(C(F)(F)F)cc(C(F)(F)F)c2)cc(C(F)(F)F)c1.[Ca+2]. The van der Waals surface area contributed by atoms with Gasteiger partial charge in [0.05, 0.1) is 142 Å². The third-order valence-corrected chi connectivity index (χ3v) is 16.9. The summed E-state index contributed by atoms with van der Waals surface area (Å²) in [5, 5.41) is 51.8. The third-order valence-electron chi connectivity index (χ3n) is 16.9. The van der Waals surface area contributed by atoms with Crippen LogP contribution in [-0.2, 0) is 98.8 Å². The average Bonchev–Trinajstić information content (AvgIpc) is 0.709. The van der Waals surface area contributed by atoms with E-state index in [0.717, 1.165) is 0 Å². The number of benzene rings is 8. The molecule has 0 fully saturated rings. The van der Waals surface area contributed by atoms with Crippen molar-refractivity contribution >= 4 is 93.7 Å². The van der Waals surface area contributed by atoms with Crippen LogP contribution < -0.4 is 70.0 Å². The smallest absolute Gasteiger partial charge is 0.199 e. The van der Waals surface area contributed by atoms with E-state index in [9.17, 15) is 211 Å². The van der Waals surface area contributed by atoms with Gasteiger partial charge in [0.25, 0.3) is 30.3 Å². The molecule has 0 unspecified atom stereocenters. The molecule has 59 heteroatoms. The largest absolute Gasteiger partial charge is 2.00 e. The molecule has 8 aromatic rings. The van der Waals surface area contributed by atoms with E-state index in [-0.39, 0.29) is 37.7 Å². The molecule has 0 aliphatic rings. The molecule has 0 heterocycles. The molecule has 8 rings (SSSR count). The normalized spacial score (nSPS) is 12.2. The number of rotatable bonds is 8. The number of hydrogen-bond acceptors (Lipinski definition) is 3. The van der Waals surface area contributed by atoms with Gasteiger partial charge >= 0.3 is 137 Å². The van der Waals surface area contributed by atoms with Crippen LogP contribution in [0.1, 0.15) is 144 Å². The molecule has 0 aliphatic carbocycles. The zero-order chi connectivity index (χ0) is 109. The summed E-state index contributed by atoms with van der Waals surface area (Å²) in [5.41, 5.74) is -60.4. The van der Waals surface area contributed by atoms with Crippen LogP contribution in [0.4, 0.5) is 211 Å². The molecule has 0 aromatic heterocycles. The van der Waals surface area contributed by atoms with Gasteiger partial charge < -0.3 is 0 Å². The predicted molar refractivity (Wildman–Crippen MR) is 392 cm³/mol. The number of hydrogen-bond donors (Lipinski definition) is 5. The molecule has 0 saturated carbocycles. The number of nitrogens with one attached hydrogen (secondary N) is 5. The Morgan fingerprint density at radius 1 is 0.151 bits per heavy atom. The molecule has 0 atom stereocenters. The average molecular weight is 2100 g/mol. The second-order valence-electron chi connectivity index (χ2n) is 26.4. The zero-order valence-electron chi connectivity index (χ0n) is 69.7. The minimum atomic E-state index is -6.13. The van der Waals surface area contributed by atoms with Crippen LogP contribution in [0.2, 0.25) is 0 Å². The summed E-state index contributed by atoms with van der Waals surface area (Å²) in [5.74, 6) is 0. The van der Waals surface area contributed by atoms with E-state index in [2.05, 4.69) is 0 Å². The van der Waals surface area contributed by atoms with Crippen LogP contribution in [0.25, 0.3) is 0 Å². The second kappa shape index (κ2) is 49.0. The Labute approximate surface area is 780 Å². The van der Waals surface area contributed by atoms with E-state index >= 15 is 0 Å². The number of halogens is 48. The van der Waals surface area contributed by atoms with Crippen molar-refractivity contribution in [3.05, 3.63) is 235 Å². The van der Waals surface area contributed by atoms with Gasteiger partial charge in [0.2, 0.25) is 0 Å². The summed E-state index contributed by atoms with van der Waals surface area (Å²) in [4.78, 5) is 0. The summed E-state index contributed by atoms with van der Waals surface area (Å²) in [6.07, 6.45) is -110. The standard InChI is InChI=1S/2C32H12BF24.8C2H3N.Ca/c2*34-25(35,36)13-1-14(26(37,38)39)6-21(5-13)33(22-7-15(27(40,41)42)2-16(8-22)28(43,44)45,23-9-17(29(46,47)48)3-18(10-23)30(49,50)51)24-11-19(31(52,53)54)4-20(12-24)32(55,56)57;8*1-2-3;/h2*1-12H;8*1H3;/q2*-1;;;;;;;;;+2/p+5. The van der Waals surface area contributed by atoms with Gasteiger partial charge in [-0.15, -0.1) is 26.3 Å². The molecule has 0 radical (unpaired) electrons. The van der Waals surface area contributed by atoms with E-state index in [4.69, 9.17) is 42.1 Å². The topological polar surface area (TPSA) is 190 Å². The number of nitriles is 3. The van der Waals surface area contributed by atoms with Crippen LogP contribution >= 0.6 is 0 Å². The van der Waals surface area contributed by atoms with Gasteiger partial charge in [-0.05, 0) is 48.5 Å². The molecule has 8 aromatic carbocycles. The van der Waals surface area contributed by atoms with Crippen LogP contribution in [0, 0.1) is 64.3 Å². The fourth-order valence-corrected chi connectivity index (χ4v) is 12.1. The molecular weight excluding hydrogens is 2050 g/mol. The maximum Gasteiger partial charge on any atom is 2.00 e. The Kier molecular flexibility index (Phi) is 46.1. The minimum absolute atomic E-state index is 0. The van der Waals surface area contributed by atoms with Gasteiger partial charge in [0.15, 0.2) is 0 Å². The summed E-state index contributed by atoms with van der Waals surface area (Å²) in [6, 6.07) is -2.37. The molecule has 0 amide bonds. The predicted octanol–water partition coefficient (Wildman–Crippen LogP) is 17.5. The van der Waals surface area contributed by atoms with Gasteiger partial charge in [-0.3, -0.25) is 0 Å². The number of alkyl halides is 48. The monoisotopic (exact) mass is 2100 g/mol. The first-order valence-electron chi connectivity index (χ1n) is 35.2. The molecule has 0 saturated heterocycles. The molecule has 0 aliphatic heterocycles. The molecule has 0 bridgehead atoms. The van der Waals surface area contributed by atoms with Crippen LogP contribution in [0.15, 0.2) is 146 Å². The fraction of sp³-hybridized carbons (Fsp3) is 0.300. The van der Waals surface area contributed by atoms with Crippen LogP contribution in [0.5, 0.6) is 0 Å². The number of nitrogens with zero attached hydrogens (tertiary/aromatic N) is 3. The molecule has 139 heavy (non-hydrogen) atoms. The maximum absolute atomic E-state index is 14.2. The quantitative estimate of drug-likeness (QED) is 0.0749. The van der Waals surface area contributed by atoms with Crippen molar-refractivity contribution < 1.29 is 237 Å². The van der Waals surface area contributed by atoms with Gasteiger partial charge in [-0.1, -0.05) is 97.1 Å². The summed E-state index contributed by atoms with van der Waals surface area (Å²) >= 11 is 0. The van der Waals surface area contributed by atoms with Crippen molar-refractivity contribution in [2.45, 2.75) is 154 Å². The van der Waals surface area contributed by atoms with Crippen molar-refractivity contribution in [2.75, 3.05) is 0 Å². The Balaban J connectivity index is -0.00000215. The zero-order valence-corrected chi connectivity index (χ0v) is 71.9. The summed E-state index contributed by atoms with van der Waals surface area (Å²) in [7, 11) is 0. The second-order valence-corrected chi connectivity index (χ2v) is 26.4. The van der Waals surface area contributed by atoms with Crippen molar-refractivity contribution in [3.63, 3.8) is 0 Å². The Hall–Kier alpha value is -12.3. The summed E-state index contributed by atoms with van der Waals surface area (Å²) < 4.78 is 682. The summed E-state index contributed by atoms with van der Waals surface area (Å²) in [6.45, 7) is 12.0. The van der Waals surface area contributed by atoms with E-state index in [0.29, 0.717) is 0 Å². The minimum Gasteiger partial charge on any atom is -0.199 e. The molecule has 5 N–H and O–H groups in total. The van der Waals surface area contributed by atoms with Crippen LogP contribution in [-0.4, -0.2) is 50.0 Å².